The second kappa shape index (κ2) is 8.79. The predicted octanol–water partition coefficient (Wildman–Crippen LogP) is 4.89. The Balaban J connectivity index is 1.59. The predicted molar refractivity (Wildman–Crippen MR) is 108 cm³/mol. The van der Waals surface area contributed by atoms with E-state index in [-0.39, 0.29) is 11.2 Å². The lowest BCUT2D eigenvalue weighted by molar-refractivity contribution is -0.115. The Bertz CT molecular complexity index is 834. The van der Waals surface area contributed by atoms with Crippen molar-refractivity contribution in [3.63, 3.8) is 0 Å². The van der Waals surface area contributed by atoms with Crippen LogP contribution in [0.3, 0.4) is 0 Å². The molecule has 25 heavy (non-hydrogen) atoms. The van der Waals surface area contributed by atoms with Crippen molar-refractivity contribution in [3.8, 4) is 11.3 Å². The van der Waals surface area contributed by atoms with Gasteiger partial charge in [0.05, 0.1) is 10.9 Å². The minimum atomic E-state index is -0.267. The van der Waals surface area contributed by atoms with E-state index in [0.717, 1.165) is 25.7 Å². The molecule has 1 unspecified atom stereocenters. The van der Waals surface area contributed by atoms with Gasteiger partial charge in [0.1, 0.15) is 0 Å². The highest BCUT2D eigenvalue weighted by Gasteiger charge is 2.18. The van der Waals surface area contributed by atoms with E-state index in [2.05, 4.69) is 27.4 Å². The second-order valence-electron chi connectivity index (χ2n) is 4.92. The van der Waals surface area contributed by atoms with E-state index < -0.39 is 0 Å². The summed E-state index contributed by atoms with van der Waals surface area (Å²) in [6.07, 6.45) is 0. The van der Waals surface area contributed by atoms with Gasteiger partial charge in [0.25, 0.3) is 0 Å². The first-order valence-corrected chi connectivity index (χ1v) is 11.2. The lowest BCUT2D eigenvalue weighted by Crippen LogP contribution is -2.22. The summed E-state index contributed by atoms with van der Waals surface area (Å²) in [6.45, 7) is 3.94. The first kappa shape index (κ1) is 18.4. The number of hydrogen-bond donors (Lipinski definition) is 1. The van der Waals surface area contributed by atoms with E-state index in [1.165, 1.54) is 34.4 Å². The molecule has 3 aromatic rings. The first-order chi connectivity index (χ1) is 12.2. The molecule has 3 rings (SSSR count). The highest BCUT2D eigenvalue weighted by Crippen LogP contribution is 2.32. The Morgan fingerprint density at radius 1 is 1.24 bits per heavy atom. The molecule has 0 bridgehead atoms. The van der Waals surface area contributed by atoms with Crippen molar-refractivity contribution in [1.29, 1.82) is 0 Å². The Labute approximate surface area is 162 Å². The van der Waals surface area contributed by atoms with Gasteiger partial charge >= 0.3 is 0 Å². The van der Waals surface area contributed by atoms with Crippen LogP contribution in [0.25, 0.3) is 11.3 Å². The Kier molecular flexibility index (Phi) is 6.46. The number of rotatable bonds is 7. The largest absolute Gasteiger partial charge is 0.301 e. The van der Waals surface area contributed by atoms with Crippen LogP contribution in [0.4, 0.5) is 5.13 Å². The summed E-state index contributed by atoms with van der Waals surface area (Å²) in [5, 5.41) is 13.4. The molecule has 0 fully saturated rings. The highest BCUT2D eigenvalue weighted by molar-refractivity contribution is 8.03. The van der Waals surface area contributed by atoms with Crippen LogP contribution in [0, 0.1) is 0 Å². The average molecular weight is 409 g/mol. The molecule has 1 aromatic carbocycles. The Hall–Kier alpha value is -1.42. The monoisotopic (exact) mass is 408 g/mol. The number of nitrogens with one attached hydrogen (secondary N) is 1. The fraction of sp³-hybridized carbons (Fsp3) is 0.250. The molecule has 1 N–H and O–H groups in total. The van der Waals surface area contributed by atoms with Crippen molar-refractivity contribution < 1.29 is 4.79 Å². The van der Waals surface area contributed by atoms with Crippen molar-refractivity contribution in [1.82, 2.24) is 15.2 Å². The summed E-state index contributed by atoms with van der Waals surface area (Å²) in [5.41, 5.74) is 1.91. The number of hydrogen-bond acceptors (Lipinski definition) is 8. The van der Waals surface area contributed by atoms with Gasteiger partial charge < -0.3 is 5.32 Å². The maximum absolute atomic E-state index is 12.4. The van der Waals surface area contributed by atoms with E-state index in [1.807, 2.05) is 42.6 Å². The van der Waals surface area contributed by atoms with E-state index in [4.69, 9.17) is 0 Å². The average Bonchev–Trinajstić information content (AvgIpc) is 3.26. The molecule has 5 nitrogen and oxygen atoms in total. The SMILES string of the molecule is CCSc1nnc(SC(C)C(=O)Nc2nc(-c3ccccc3)cs2)s1. The summed E-state index contributed by atoms with van der Waals surface area (Å²) in [5.74, 6) is 0.877. The van der Waals surface area contributed by atoms with Gasteiger partial charge in [0.2, 0.25) is 5.91 Å². The van der Waals surface area contributed by atoms with Crippen LogP contribution in [0.1, 0.15) is 13.8 Å². The van der Waals surface area contributed by atoms with Gasteiger partial charge in [-0.1, -0.05) is 72.1 Å². The van der Waals surface area contributed by atoms with Crippen molar-refractivity contribution in [2.45, 2.75) is 27.8 Å². The molecule has 2 heterocycles. The van der Waals surface area contributed by atoms with Crippen LogP contribution in [-0.4, -0.2) is 32.1 Å². The standard InChI is InChI=1S/C16H16N4OS4/c1-3-22-15-19-20-16(25-15)24-10(2)13(21)18-14-17-12(9-23-14)11-7-5-4-6-8-11/h4-10H,3H2,1-2H3,(H,17,18,21). The molecule has 9 heteroatoms. The van der Waals surface area contributed by atoms with Gasteiger partial charge in [-0.05, 0) is 12.7 Å². The van der Waals surface area contributed by atoms with Crippen LogP contribution < -0.4 is 5.32 Å². The zero-order valence-corrected chi connectivity index (χ0v) is 16.9. The third-order valence-corrected chi connectivity index (χ3v) is 6.99. The van der Waals surface area contributed by atoms with E-state index in [9.17, 15) is 4.79 Å². The van der Waals surface area contributed by atoms with Crippen LogP contribution in [0.15, 0.2) is 44.4 Å². The molecule has 2 aromatic heterocycles. The zero-order valence-electron chi connectivity index (χ0n) is 13.6. The summed E-state index contributed by atoms with van der Waals surface area (Å²) in [4.78, 5) is 16.9. The number of amides is 1. The number of carbonyl (C=O) groups is 1. The molecule has 0 aliphatic heterocycles. The number of anilines is 1. The molecule has 0 saturated heterocycles. The van der Waals surface area contributed by atoms with Gasteiger partial charge in [-0.15, -0.1) is 21.5 Å². The Morgan fingerprint density at radius 3 is 2.76 bits per heavy atom. The lowest BCUT2D eigenvalue weighted by atomic mass is 10.2. The fourth-order valence-electron chi connectivity index (χ4n) is 1.91. The number of benzene rings is 1. The molecule has 0 aliphatic carbocycles. The first-order valence-electron chi connectivity index (χ1n) is 7.60. The maximum atomic E-state index is 12.4. The van der Waals surface area contributed by atoms with Crippen LogP contribution in [-0.2, 0) is 4.79 Å². The minimum absolute atomic E-state index is 0.0844. The summed E-state index contributed by atoms with van der Waals surface area (Å²) in [6, 6.07) is 9.91. The van der Waals surface area contributed by atoms with Crippen LogP contribution in [0.5, 0.6) is 0 Å². The molecule has 0 aliphatic rings. The van der Waals surface area contributed by atoms with Crippen molar-refractivity contribution >= 4 is 57.2 Å². The van der Waals surface area contributed by atoms with E-state index >= 15 is 0 Å². The number of thiazole rings is 1. The third-order valence-electron chi connectivity index (χ3n) is 3.11. The van der Waals surface area contributed by atoms with Gasteiger partial charge in [-0.3, -0.25) is 4.79 Å². The quantitative estimate of drug-likeness (QED) is 0.561. The molecule has 0 radical (unpaired) electrons. The van der Waals surface area contributed by atoms with Crippen molar-refractivity contribution in [3.05, 3.63) is 35.7 Å². The van der Waals surface area contributed by atoms with E-state index in [1.54, 1.807) is 11.8 Å². The number of thioether (sulfide) groups is 2. The minimum Gasteiger partial charge on any atom is -0.301 e. The highest BCUT2D eigenvalue weighted by atomic mass is 32.2. The topological polar surface area (TPSA) is 67.8 Å². The summed E-state index contributed by atoms with van der Waals surface area (Å²) >= 11 is 6.02. The molecule has 130 valence electrons. The molecule has 0 spiro atoms. The van der Waals surface area contributed by atoms with Crippen LogP contribution >= 0.6 is 46.2 Å². The van der Waals surface area contributed by atoms with Gasteiger partial charge in [-0.25, -0.2) is 4.98 Å². The number of carbonyl (C=O) groups excluding carboxylic acids is 1. The summed E-state index contributed by atoms with van der Waals surface area (Å²) in [7, 11) is 0. The van der Waals surface area contributed by atoms with Gasteiger partial charge in [0, 0.05) is 10.9 Å². The molecule has 1 amide bonds. The number of aromatic nitrogens is 3. The van der Waals surface area contributed by atoms with Gasteiger partial charge in [-0.2, -0.15) is 0 Å². The molecular formula is C16H16N4OS4. The van der Waals surface area contributed by atoms with Gasteiger partial charge in [0.15, 0.2) is 13.8 Å². The zero-order chi connectivity index (χ0) is 17.6. The normalized spacial score (nSPS) is 12.1. The fourth-order valence-corrected chi connectivity index (χ4v) is 5.69. The van der Waals surface area contributed by atoms with Crippen molar-refractivity contribution in [2.75, 3.05) is 11.1 Å². The second-order valence-corrected chi connectivity index (χ2v) is 9.85. The maximum Gasteiger partial charge on any atom is 0.239 e. The number of nitrogens with zero attached hydrogens (tertiary/aromatic N) is 3. The summed E-state index contributed by atoms with van der Waals surface area (Å²) < 4.78 is 1.74. The molecule has 1 atom stereocenters. The lowest BCUT2D eigenvalue weighted by Gasteiger charge is -2.07. The molecule has 0 saturated carbocycles. The smallest absolute Gasteiger partial charge is 0.239 e. The van der Waals surface area contributed by atoms with Crippen LogP contribution in [0.2, 0.25) is 0 Å². The van der Waals surface area contributed by atoms with Crippen molar-refractivity contribution in [2.24, 2.45) is 0 Å². The van der Waals surface area contributed by atoms with E-state index in [0.29, 0.717) is 5.13 Å². The Morgan fingerprint density at radius 2 is 2.00 bits per heavy atom. The third kappa shape index (κ3) is 5.04. The molecular weight excluding hydrogens is 392 g/mol.